The number of fused-ring (bicyclic) bond motifs is 7. The Hall–Kier alpha value is -6.76. The lowest BCUT2D eigenvalue weighted by Gasteiger charge is -2.21. The molecule has 0 radical (unpaired) electrons. The molecule has 10 rings (SSSR count). The summed E-state index contributed by atoms with van der Waals surface area (Å²) in [7, 11) is 0. The summed E-state index contributed by atoms with van der Waals surface area (Å²) in [4.78, 5) is 0. The zero-order valence-corrected chi connectivity index (χ0v) is 35.3. The van der Waals surface area contributed by atoms with Crippen LogP contribution >= 0.6 is 0 Å². The SMILES string of the molecule is C=C/C=C(\C=C/C)c1c2ccccc2cc2ccccc12.CC.Cc1ccc2c(c1)C(C)(C)c1ccccc1-2.c1ccc(-c2c3ccccc3cc3ccccc23)cc1. The molecular weight excluding hydrogens is 709 g/mol. The van der Waals surface area contributed by atoms with Gasteiger partial charge in [0.15, 0.2) is 0 Å². The number of hydrogen-bond donors (Lipinski definition) is 0. The molecule has 9 aromatic rings. The van der Waals surface area contributed by atoms with Gasteiger partial charge in [0.05, 0.1) is 0 Å². The first-order chi connectivity index (χ1) is 28.9. The molecule has 0 heteroatoms. The van der Waals surface area contributed by atoms with E-state index in [1.54, 1.807) is 0 Å². The number of rotatable bonds is 4. The van der Waals surface area contributed by atoms with Crippen LogP contribution in [0.2, 0.25) is 0 Å². The second-order valence-electron chi connectivity index (χ2n) is 15.3. The van der Waals surface area contributed by atoms with Crippen molar-refractivity contribution >= 4 is 48.7 Å². The monoisotopic (exact) mass is 762 g/mol. The summed E-state index contributed by atoms with van der Waals surface area (Å²) in [5.74, 6) is 0. The molecule has 59 heavy (non-hydrogen) atoms. The number of hydrogen-bond acceptors (Lipinski definition) is 0. The summed E-state index contributed by atoms with van der Waals surface area (Å²) < 4.78 is 0. The molecule has 0 unspecified atom stereocenters. The number of allylic oxidation sites excluding steroid dienone is 5. The number of benzene rings is 9. The van der Waals surface area contributed by atoms with Crippen molar-refractivity contribution in [3.05, 3.63) is 235 Å². The minimum atomic E-state index is 0.151. The Morgan fingerprint density at radius 3 is 1.49 bits per heavy atom. The highest BCUT2D eigenvalue weighted by Crippen LogP contribution is 2.48. The summed E-state index contributed by atoms with van der Waals surface area (Å²) in [6.45, 7) is 16.7. The lowest BCUT2D eigenvalue weighted by Crippen LogP contribution is -2.14. The van der Waals surface area contributed by atoms with Gasteiger partial charge in [-0.3, -0.25) is 0 Å². The minimum Gasteiger partial charge on any atom is -0.0990 e. The van der Waals surface area contributed by atoms with Crippen LogP contribution in [0.1, 0.15) is 56.9 Å². The van der Waals surface area contributed by atoms with Crippen LogP contribution in [0, 0.1) is 6.92 Å². The lowest BCUT2D eigenvalue weighted by atomic mass is 9.82. The summed E-state index contributed by atoms with van der Waals surface area (Å²) in [5.41, 5.74) is 12.3. The van der Waals surface area contributed by atoms with E-state index >= 15 is 0 Å². The molecule has 1 aliphatic carbocycles. The maximum atomic E-state index is 3.86. The highest BCUT2D eigenvalue weighted by molar-refractivity contribution is 6.13. The van der Waals surface area contributed by atoms with Gasteiger partial charge >= 0.3 is 0 Å². The normalized spacial score (nSPS) is 12.5. The molecule has 0 nitrogen and oxygen atoms in total. The van der Waals surface area contributed by atoms with Crippen molar-refractivity contribution in [2.24, 2.45) is 0 Å². The Labute approximate surface area is 351 Å². The summed E-state index contributed by atoms with van der Waals surface area (Å²) in [5, 5.41) is 10.3. The Morgan fingerprint density at radius 2 is 0.949 bits per heavy atom. The molecule has 0 atom stereocenters. The van der Waals surface area contributed by atoms with Gasteiger partial charge in [0.1, 0.15) is 0 Å². The van der Waals surface area contributed by atoms with Crippen molar-refractivity contribution < 1.29 is 0 Å². The van der Waals surface area contributed by atoms with Crippen LogP contribution in [0.25, 0.3) is 70.9 Å². The van der Waals surface area contributed by atoms with Gasteiger partial charge in [0.25, 0.3) is 0 Å². The minimum absolute atomic E-state index is 0.151. The third kappa shape index (κ3) is 8.18. The van der Waals surface area contributed by atoms with Crippen LogP contribution in [-0.2, 0) is 5.41 Å². The zero-order valence-electron chi connectivity index (χ0n) is 35.3. The zero-order chi connectivity index (χ0) is 41.4. The van der Waals surface area contributed by atoms with E-state index in [1.807, 2.05) is 26.8 Å². The fraction of sp³-hybridized carbons (Fsp3) is 0.119. The van der Waals surface area contributed by atoms with E-state index in [-0.39, 0.29) is 5.41 Å². The Bertz CT molecular complexity index is 2850. The van der Waals surface area contributed by atoms with E-state index in [0.29, 0.717) is 0 Å². The molecule has 0 saturated heterocycles. The van der Waals surface area contributed by atoms with Crippen LogP contribution in [0.4, 0.5) is 0 Å². The van der Waals surface area contributed by atoms with Gasteiger partial charge in [-0.05, 0) is 114 Å². The first kappa shape index (κ1) is 40.4. The molecule has 0 aliphatic heterocycles. The lowest BCUT2D eigenvalue weighted by molar-refractivity contribution is 0.660. The van der Waals surface area contributed by atoms with E-state index in [4.69, 9.17) is 0 Å². The molecule has 0 bridgehead atoms. The van der Waals surface area contributed by atoms with Crippen LogP contribution in [0.3, 0.4) is 0 Å². The highest BCUT2D eigenvalue weighted by atomic mass is 14.4. The van der Waals surface area contributed by atoms with Gasteiger partial charge in [0, 0.05) is 5.41 Å². The molecular formula is C59H54. The second kappa shape index (κ2) is 18.2. The van der Waals surface area contributed by atoms with Gasteiger partial charge in [-0.15, -0.1) is 0 Å². The largest absolute Gasteiger partial charge is 0.0990 e. The van der Waals surface area contributed by atoms with Crippen LogP contribution < -0.4 is 0 Å². The Balaban J connectivity index is 0.000000133. The van der Waals surface area contributed by atoms with E-state index in [9.17, 15) is 0 Å². The van der Waals surface area contributed by atoms with Crippen LogP contribution in [0.15, 0.2) is 213 Å². The second-order valence-corrected chi connectivity index (χ2v) is 15.3. The van der Waals surface area contributed by atoms with E-state index in [1.165, 1.54) is 93.2 Å². The molecule has 0 fully saturated rings. The predicted molar refractivity (Wildman–Crippen MR) is 261 cm³/mol. The number of aryl methyl sites for hydroxylation is 1. The van der Waals surface area contributed by atoms with Crippen LogP contribution in [-0.4, -0.2) is 0 Å². The molecule has 0 spiro atoms. The van der Waals surface area contributed by atoms with Crippen molar-refractivity contribution in [2.75, 3.05) is 0 Å². The summed E-state index contributed by atoms with van der Waals surface area (Å²) >= 11 is 0. The van der Waals surface area contributed by atoms with Crippen molar-refractivity contribution in [1.29, 1.82) is 0 Å². The van der Waals surface area contributed by atoms with Gasteiger partial charge in [-0.25, -0.2) is 0 Å². The summed E-state index contributed by atoms with van der Waals surface area (Å²) in [6, 6.07) is 65.1. The quantitative estimate of drug-likeness (QED) is 0.124. The van der Waals surface area contributed by atoms with Gasteiger partial charge < -0.3 is 0 Å². The maximum absolute atomic E-state index is 3.86. The summed E-state index contributed by atoms with van der Waals surface area (Å²) in [6.07, 6.45) is 8.15. The van der Waals surface area contributed by atoms with Crippen molar-refractivity contribution in [1.82, 2.24) is 0 Å². The third-order valence-electron chi connectivity index (χ3n) is 11.3. The molecule has 0 saturated carbocycles. The Kier molecular flexibility index (Phi) is 12.5. The molecule has 290 valence electrons. The molecule has 0 aromatic heterocycles. The first-order valence-electron chi connectivity index (χ1n) is 20.9. The molecule has 9 aromatic carbocycles. The fourth-order valence-corrected chi connectivity index (χ4v) is 8.60. The van der Waals surface area contributed by atoms with E-state index in [2.05, 4.69) is 228 Å². The van der Waals surface area contributed by atoms with Gasteiger partial charge in [0.2, 0.25) is 0 Å². The van der Waals surface area contributed by atoms with E-state index in [0.717, 1.165) is 0 Å². The first-order valence-corrected chi connectivity index (χ1v) is 20.9. The van der Waals surface area contributed by atoms with Crippen LogP contribution in [0.5, 0.6) is 0 Å². The smallest absolute Gasteiger partial charge is 0.0158 e. The molecule has 0 amide bonds. The van der Waals surface area contributed by atoms with Crippen molar-refractivity contribution in [2.45, 2.75) is 47.0 Å². The average Bonchev–Trinajstić information content (AvgIpc) is 3.51. The van der Waals surface area contributed by atoms with Crippen molar-refractivity contribution in [3.63, 3.8) is 0 Å². The van der Waals surface area contributed by atoms with Gasteiger partial charge in [-0.2, -0.15) is 0 Å². The predicted octanol–water partition coefficient (Wildman–Crippen LogP) is 17.1. The van der Waals surface area contributed by atoms with Gasteiger partial charge in [-0.1, -0.05) is 234 Å². The average molecular weight is 763 g/mol. The topological polar surface area (TPSA) is 0 Å². The standard InChI is InChI=1S/C21H18.C20H14.C16H16.C2H6/c1-3-9-16(10-4-2)21-19-13-7-5-11-17(19)15-18-12-6-8-14-20(18)21;1-2-8-15(9-3-1)20-18-12-6-4-10-16(18)14-17-11-5-7-13-19(17)20;1-11-8-9-13-12-6-4-5-7-14(12)16(2,3)15(13)10-11;1-2/h3-15H,1H2,2H3;1-14H;4-10H,1-3H3;1-2H3/b10-4-,16-9+;;;. The highest BCUT2D eigenvalue weighted by Gasteiger charge is 2.34. The van der Waals surface area contributed by atoms with Crippen molar-refractivity contribution in [3.8, 4) is 22.3 Å². The molecule has 1 aliphatic rings. The third-order valence-corrected chi connectivity index (χ3v) is 11.3. The molecule has 0 N–H and O–H groups in total. The maximum Gasteiger partial charge on any atom is 0.0158 e. The fourth-order valence-electron chi connectivity index (χ4n) is 8.60. The van der Waals surface area contributed by atoms with E-state index < -0.39 is 0 Å². The molecule has 0 heterocycles. The Morgan fingerprint density at radius 1 is 0.492 bits per heavy atom.